The van der Waals surface area contributed by atoms with E-state index in [0.29, 0.717) is 5.41 Å². The van der Waals surface area contributed by atoms with E-state index in [1.807, 2.05) is 11.8 Å². The maximum absolute atomic E-state index is 5.92. The van der Waals surface area contributed by atoms with Crippen molar-refractivity contribution in [1.82, 2.24) is 0 Å². The van der Waals surface area contributed by atoms with E-state index in [2.05, 4.69) is 37.3 Å². The van der Waals surface area contributed by atoms with Crippen LogP contribution in [-0.4, -0.2) is 12.3 Å². The summed E-state index contributed by atoms with van der Waals surface area (Å²) in [5, 5.41) is 0. The molecule has 0 aliphatic heterocycles. The predicted molar refractivity (Wildman–Crippen MR) is 71.7 cm³/mol. The van der Waals surface area contributed by atoms with Crippen LogP contribution in [0.2, 0.25) is 0 Å². The van der Waals surface area contributed by atoms with Gasteiger partial charge in [-0.3, -0.25) is 0 Å². The topological polar surface area (TPSA) is 26.0 Å². The lowest BCUT2D eigenvalue weighted by atomic mass is 9.82. The van der Waals surface area contributed by atoms with Crippen LogP contribution in [0.25, 0.3) is 0 Å². The standard InChI is InChI=1S/C14H21NS/c1-14(11-15,12-7-8-12)9-10-16-13-5-3-2-4-6-13/h2-6,12H,7-11,15H2,1H3. The highest BCUT2D eigenvalue weighted by Crippen LogP contribution is 2.47. The van der Waals surface area contributed by atoms with Gasteiger partial charge in [-0.05, 0) is 55.0 Å². The lowest BCUT2D eigenvalue weighted by molar-refractivity contribution is 0.275. The van der Waals surface area contributed by atoms with Crippen LogP contribution in [0, 0.1) is 11.3 Å². The van der Waals surface area contributed by atoms with Gasteiger partial charge in [-0.15, -0.1) is 11.8 Å². The first-order chi connectivity index (χ1) is 7.74. The van der Waals surface area contributed by atoms with Gasteiger partial charge in [-0.2, -0.15) is 0 Å². The van der Waals surface area contributed by atoms with Crippen molar-refractivity contribution in [2.45, 2.75) is 31.1 Å². The number of thioether (sulfide) groups is 1. The number of benzene rings is 1. The number of hydrogen-bond acceptors (Lipinski definition) is 2. The summed E-state index contributed by atoms with van der Waals surface area (Å²) >= 11 is 1.95. The molecule has 0 aromatic heterocycles. The van der Waals surface area contributed by atoms with E-state index in [9.17, 15) is 0 Å². The molecular formula is C14H21NS. The number of hydrogen-bond donors (Lipinski definition) is 1. The summed E-state index contributed by atoms with van der Waals surface area (Å²) < 4.78 is 0. The molecule has 1 aromatic rings. The zero-order valence-electron chi connectivity index (χ0n) is 9.99. The van der Waals surface area contributed by atoms with Crippen molar-refractivity contribution in [3.8, 4) is 0 Å². The minimum atomic E-state index is 0.391. The second-order valence-corrected chi connectivity index (χ2v) is 6.21. The van der Waals surface area contributed by atoms with E-state index >= 15 is 0 Å². The van der Waals surface area contributed by atoms with Crippen molar-refractivity contribution in [3.05, 3.63) is 30.3 Å². The van der Waals surface area contributed by atoms with Gasteiger partial charge in [0.05, 0.1) is 0 Å². The maximum atomic E-state index is 5.92. The summed E-state index contributed by atoms with van der Waals surface area (Å²) in [7, 11) is 0. The highest BCUT2D eigenvalue weighted by molar-refractivity contribution is 7.99. The van der Waals surface area contributed by atoms with E-state index in [1.165, 1.54) is 29.9 Å². The van der Waals surface area contributed by atoms with E-state index in [0.717, 1.165) is 12.5 Å². The van der Waals surface area contributed by atoms with Crippen LogP contribution >= 0.6 is 11.8 Å². The summed E-state index contributed by atoms with van der Waals surface area (Å²) in [4.78, 5) is 1.37. The molecule has 16 heavy (non-hydrogen) atoms. The third-order valence-electron chi connectivity index (χ3n) is 3.71. The molecule has 0 bridgehead atoms. The molecule has 2 rings (SSSR count). The molecular weight excluding hydrogens is 214 g/mol. The Morgan fingerprint density at radius 2 is 2.00 bits per heavy atom. The summed E-state index contributed by atoms with van der Waals surface area (Å²) in [6.45, 7) is 3.20. The van der Waals surface area contributed by atoms with Crippen molar-refractivity contribution in [1.29, 1.82) is 0 Å². The molecule has 1 aliphatic rings. The van der Waals surface area contributed by atoms with Crippen LogP contribution < -0.4 is 5.73 Å². The first kappa shape index (κ1) is 12.0. The van der Waals surface area contributed by atoms with Gasteiger partial charge in [0.2, 0.25) is 0 Å². The molecule has 1 aliphatic carbocycles. The predicted octanol–water partition coefficient (Wildman–Crippen LogP) is 3.54. The minimum absolute atomic E-state index is 0.391. The molecule has 88 valence electrons. The average Bonchev–Trinajstić information content (AvgIpc) is 3.14. The van der Waals surface area contributed by atoms with Crippen molar-refractivity contribution in [3.63, 3.8) is 0 Å². The van der Waals surface area contributed by atoms with Gasteiger partial charge in [0.25, 0.3) is 0 Å². The Morgan fingerprint density at radius 1 is 1.31 bits per heavy atom. The normalized spacial score (nSPS) is 19.4. The molecule has 1 aromatic carbocycles. The molecule has 0 amide bonds. The molecule has 1 unspecified atom stereocenters. The zero-order chi connectivity index (χ0) is 11.4. The summed E-state index contributed by atoms with van der Waals surface area (Å²) in [6, 6.07) is 10.6. The first-order valence-electron chi connectivity index (χ1n) is 6.12. The molecule has 0 saturated heterocycles. The molecule has 0 radical (unpaired) electrons. The summed E-state index contributed by atoms with van der Waals surface area (Å²) in [5.41, 5.74) is 6.31. The van der Waals surface area contributed by atoms with Gasteiger partial charge < -0.3 is 5.73 Å². The van der Waals surface area contributed by atoms with E-state index < -0.39 is 0 Å². The zero-order valence-corrected chi connectivity index (χ0v) is 10.8. The van der Waals surface area contributed by atoms with E-state index in [1.54, 1.807) is 0 Å². The smallest absolute Gasteiger partial charge is 0.00719 e. The van der Waals surface area contributed by atoms with Crippen LogP contribution in [-0.2, 0) is 0 Å². The molecule has 1 nitrogen and oxygen atoms in total. The fraction of sp³-hybridized carbons (Fsp3) is 0.571. The maximum Gasteiger partial charge on any atom is 0.00719 e. The number of nitrogens with two attached hydrogens (primary N) is 1. The van der Waals surface area contributed by atoms with Gasteiger partial charge in [-0.1, -0.05) is 25.1 Å². The number of rotatable bonds is 6. The third kappa shape index (κ3) is 3.02. The first-order valence-corrected chi connectivity index (χ1v) is 7.11. The van der Waals surface area contributed by atoms with Gasteiger partial charge in [0.15, 0.2) is 0 Å². The Hall–Kier alpha value is -0.470. The Bertz CT molecular complexity index is 321. The second kappa shape index (κ2) is 5.24. The second-order valence-electron chi connectivity index (χ2n) is 5.04. The molecule has 0 heterocycles. The molecule has 1 fully saturated rings. The molecule has 1 atom stereocenters. The molecule has 1 saturated carbocycles. The van der Waals surface area contributed by atoms with Gasteiger partial charge >= 0.3 is 0 Å². The average molecular weight is 235 g/mol. The van der Waals surface area contributed by atoms with Crippen LogP contribution in [0.1, 0.15) is 26.2 Å². The largest absolute Gasteiger partial charge is 0.330 e. The van der Waals surface area contributed by atoms with Crippen molar-refractivity contribution in [2.24, 2.45) is 17.1 Å². The minimum Gasteiger partial charge on any atom is -0.330 e. The van der Waals surface area contributed by atoms with Gasteiger partial charge in [0, 0.05) is 4.90 Å². The molecule has 2 N–H and O–H groups in total. The summed E-state index contributed by atoms with van der Waals surface area (Å²) in [5.74, 6) is 2.09. The van der Waals surface area contributed by atoms with E-state index in [-0.39, 0.29) is 0 Å². The lowest BCUT2D eigenvalue weighted by Crippen LogP contribution is -2.30. The van der Waals surface area contributed by atoms with Crippen molar-refractivity contribution < 1.29 is 0 Å². The fourth-order valence-electron chi connectivity index (χ4n) is 2.17. The molecule has 2 heteroatoms. The Labute approximate surface area is 103 Å². The fourth-order valence-corrected chi connectivity index (χ4v) is 3.33. The highest BCUT2D eigenvalue weighted by Gasteiger charge is 2.39. The van der Waals surface area contributed by atoms with Crippen LogP contribution in [0.4, 0.5) is 0 Å². The molecule has 0 spiro atoms. The Morgan fingerprint density at radius 3 is 2.56 bits per heavy atom. The SMILES string of the molecule is CC(CN)(CCSc1ccccc1)C1CC1. The highest BCUT2D eigenvalue weighted by atomic mass is 32.2. The third-order valence-corrected chi connectivity index (χ3v) is 4.73. The monoisotopic (exact) mass is 235 g/mol. The van der Waals surface area contributed by atoms with Crippen molar-refractivity contribution in [2.75, 3.05) is 12.3 Å². The van der Waals surface area contributed by atoms with Crippen molar-refractivity contribution >= 4 is 11.8 Å². The van der Waals surface area contributed by atoms with Gasteiger partial charge in [0.1, 0.15) is 0 Å². The Kier molecular flexibility index (Phi) is 3.93. The van der Waals surface area contributed by atoms with E-state index in [4.69, 9.17) is 5.73 Å². The lowest BCUT2D eigenvalue weighted by Gasteiger charge is -2.27. The van der Waals surface area contributed by atoms with Crippen LogP contribution in [0.3, 0.4) is 0 Å². The Balaban J connectivity index is 1.79. The van der Waals surface area contributed by atoms with Crippen LogP contribution in [0.15, 0.2) is 35.2 Å². The summed E-state index contributed by atoms with van der Waals surface area (Å²) in [6.07, 6.45) is 4.03. The van der Waals surface area contributed by atoms with Crippen LogP contribution in [0.5, 0.6) is 0 Å². The quantitative estimate of drug-likeness (QED) is 0.763. The van der Waals surface area contributed by atoms with Gasteiger partial charge in [-0.25, -0.2) is 0 Å².